The van der Waals surface area contributed by atoms with Gasteiger partial charge in [-0.3, -0.25) is 19.4 Å². The lowest BCUT2D eigenvalue weighted by molar-refractivity contribution is -0.130. The minimum atomic E-state index is -0.556. The Balaban J connectivity index is 1.53. The Morgan fingerprint density at radius 3 is 2.59 bits per heavy atom. The van der Waals surface area contributed by atoms with E-state index >= 15 is 0 Å². The zero-order valence-corrected chi connectivity index (χ0v) is 18.2. The molecule has 0 bridgehead atoms. The Labute approximate surface area is 174 Å². The van der Waals surface area contributed by atoms with Crippen LogP contribution in [0, 0.1) is 5.92 Å². The van der Waals surface area contributed by atoms with E-state index in [0.29, 0.717) is 30.1 Å². The number of ether oxygens (including phenoxy) is 1. The molecule has 0 aromatic heterocycles. The topological polar surface area (TPSA) is 61.9 Å². The van der Waals surface area contributed by atoms with Gasteiger partial charge in [-0.1, -0.05) is 32.4 Å². The average molecular weight is 402 g/mol. The van der Waals surface area contributed by atoms with Gasteiger partial charge in [0.15, 0.2) is 6.10 Å². The summed E-state index contributed by atoms with van der Waals surface area (Å²) in [5, 5.41) is 2.99. The van der Waals surface area contributed by atoms with Crippen LogP contribution in [0.5, 0.6) is 5.75 Å². The van der Waals surface area contributed by atoms with Crippen LogP contribution in [0.2, 0.25) is 0 Å². The Kier molecular flexibility index (Phi) is 7.17. The van der Waals surface area contributed by atoms with Gasteiger partial charge in [-0.25, -0.2) is 0 Å². The van der Waals surface area contributed by atoms with Crippen molar-refractivity contribution in [2.75, 3.05) is 24.5 Å². The molecule has 2 aliphatic rings. The molecule has 1 fully saturated rings. The summed E-state index contributed by atoms with van der Waals surface area (Å²) >= 11 is 0. The van der Waals surface area contributed by atoms with E-state index in [4.69, 9.17) is 4.74 Å². The molecule has 0 saturated carbocycles. The van der Waals surface area contributed by atoms with Crippen LogP contribution in [0.15, 0.2) is 24.3 Å². The van der Waals surface area contributed by atoms with Crippen molar-refractivity contribution in [3.8, 4) is 5.75 Å². The summed E-state index contributed by atoms with van der Waals surface area (Å²) in [6.45, 7) is 10.1. The number of rotatable bonds is 7. The molecule has 1 aromatic rings. The number of benzene rings is 1. The average Bonchev–Trinajstić information content (AvgIpc) is 2.68. The first-order valence-electron chi connectivity index (χ1n) is 11.0. The van der Waals surface area contributed by atoms with E-state index in [1.54, 1.807) is 4.90 Å². The summed E-state index contributed by atoms with van der Waals surface area (Å²) in [7, 11) is 0. The van der Waals surface area contributed by atoms with Crippen LogP contribution in [0.4, 0.5) is 5.69 Å². The second-order valence-electron chi connectivity index (χ2n) is 8.74. The fourth-order valence-electron chi connectivity index (χ4n) is 4.43. The fraction of sp³-hybridized carbons (Fsp3) is 0.652. The van der Waals surface area contributed by atoms with Gasteiger partial charge in [0.25, 0.3) is 5.91 Å². The van der Waals surface area contributed by atoms with E-state index < -0.39 is 6.10 Å². The third kappa shape index (κ3) is 5.10. The van der Waals surface area contributed by atoms with E-state index in [2.05, 4.69) is 24.1 Å². The zero-order chi connectivity index (χ0) is 21.0. The lowest BCUT2D eigenvalue weighted by Crippen LogP contribution is -2.51. The van der Waals surface area contributed by atoms with Crippen LogP contribution in [0.25, 0.3) is 0 Å². The van der Waals surface area contributed by atoms with Gasteiger partial charge in [0.05, 0.1) is 5.69 Å². The molecular weight excluding hydrogens is 366 g/mol. The van der Waals surface area contributed by atoms with Gasteiger partial charge in [0.1, 0.15) is 12.3 Å². The number of fused-ring (bicyclic) bond motifs is 1. The summed E-state index contributed by atoms with van der Waals surface area (Å²) in [6.07, 6.45) is 4.18. The smallest absolute Gasteiger partial charge is 0.268 e. The van der Waals surface area contributed by atoms with Gasteiger partial charge in [-0.2, -0.15) is 0 Å². The first kappa shape index (κ1) is 21.6. The highest BCUT2D eigenvalue weighted by Gasteiger charge is 2.37. The molecule has 1 aromatic carbocycles. The second kappa shape index (κ2) is 9.61. The molecular formula is C23H35N3O3. The van der Waals surface area contributed by atoms with E-state index in [0.717, 1.165) is 13.0 Å². The fourth-order valence-corrected chi connectivity index (χ4v) is 4.43. The highest BCUT2D eigenvalue weighted by atomic mass is 16.5. The van der Waals surface area contributed by atoms with Gasteiger partial charge in [-0.15, -0.1) is 0 Å². The van der Waals surface area contributed by atoms with E-state index in [-0.39, 0.29) is 24.3 Å². The van der Waals surface area contributed by atoms with Crippen molar-refractivity contribution in [2.45, 2.75) is 71.6 Å². The highest BCUT2D eigenvalue weighted by Crippen LogP contribution is 2.35. The summed E-state index contributed by atoms with van der Waals surface area (Å²) in [5.74, 6) is 0.420. The molecule has 0 radical (unpaired) electrons. The minimum absolute atomic E-state index is 0.0267. The maximum atomic E-state index is 12.9. The van der Waals surface area contributed by atoms with Gasteiger partial charge in [0.2, 0.25) is 5.91 Å². The Hall–Kier alpha value is -2.08. The van der Waals surface area contributed by atoms with Crippen LogP contribution in [-0.4, -0.2) is 54.5 Å². The van der Waals surface area contributed by atoms with E-state index in [1.807, 2.05) is 38.1 Å². The van der Waals surface area contributed by atoms with Crippen LogP contribution in [0.1, 0.15) is 53.4 Å². The number of anilines is 1. The van der Waals surface area contributed by atoms with Crippen molar-refractivity contribution in [1.29, 1.82) is 0 Å². The third-order valence-electron chi connectivity index (χ3n) is 6.12. The van der Waals surface area contributed by atoms with Gasteiger partial charge < -0.3 is 10.1 Å². The molecule has 6 heteroatoms. The standard InChI is InChI=1S/C23H35N3O3/c1-16(2)22-23(28)26(19-11-5-6-12-20(19)29-22)15-21(27)24-13-8-14-25-17(3)9-7-10-18(25)4/h5-6,11-12,16-18,22H,7-10,13-15H2,1-4H3,(H,24,27)/t17-,18-,22-/m1/s1. The molecule has 3 rings (SSSR count). The molecule has 1 saturated heterocycles. The predicted octanol–water partition coefficient (Wildman–Crippen LogP) is 3.21. The van der Waals surface area contributed by atoms with Crippen molar-refractivity contribution >= 4 is 17.5 Å². The summed E-state index contributed by atoms with van der Waals surface area (Å²) in [4.78, 5) is 29.6. The molecule has 1 N–H and O–H groups in total. The number of hydrogen-bond acceptors (Lipinski definition) is 4. The lowest BCUT2D eigenvalue weighted by Gasteiger charge is -2.39. The minimum Gasteiger partial charge on any atom is -0.478 e. The lowest BCUT2D eigenvalue weighted by atomic mass is 9.97. The maximum absolute atomic E-state index is 12.9. The van der Waals surface area contributed by atoms with Crippen molar-refractivity contribution in [2.24, 2.45) is 5.92 Å². The van der Waals surface area contributed by atoms with Crippen LogP contribution in [-0.2, 0) is 9.59 Å². The Bertz CT molecular complexity index is 711. The SMILES string of the molecule is CC(C)[C@H]1Oc2ccccc2N(CC(=O)NCCCN2[C@H](C)CCC[C@H]2C)C1=O. The highest BCUT2D eigenvalue weighted by molar-refractivity contribution is 6.03. The Morgan fingerprint density at radius 2 is 1.90 bits per heavy atom. The number of hydrogen-bond donors (Lipinski definition) is 1. The zero-order valence-electron chi connectivity index (χ0n) is 18.2. The third-order valence-corrected chi connectivity index (χ3v) is 6.12. The van der Waals surface area contributed by atoms with Crippen LogP contribution in [0.3, 0.4) is 0 Å². The first-order chi connectivity index (χ1) is 13.9. The summed E-state index contributed by atoms with van der Waals surface area (Å²) < 4.78 is 5.87. The number of nitrogens with zero attached hydrogens (tertiary/aromatic N) is 2. The van der Waals surface area contributed by atoms with Crippen molar-refractivity contribution in [3.05, 3.63) is 24.3 Å². The number of piperidine rings is 1. The first-order valence-corrected chi connectivity index (χ1v) is 11.0. The monoisotopic (exact) mass is 401 g/mol. The number of nitrogens with one attached hydrogen (secondary N) is 1. The summed E-state index contributed by atoms with van der Waals surface area (Å²) in [6, 6.07) is 8.65. The second-order valence-corrected chi connectivity index (χ2v) is 8.74. The maximum Gasteiger partial charge on any atom is 0.268 e. The normalized spacial score (nSPS) is 24.9. The number of likely N-dealkylation sites (tertiary alicyclic amines) is 1. The molecule has 160 valence electrons. The van der Waals surface area contributed by atoms with Crippen molar-refractivity contribution in [3.63, 3.8) is 0 Å². The van der Waals surface area contributed by atoms with Crippen molar-refractivity contribution in [1.82, 2.24) is 10.2 Å². The quantitative estimate of drug-likeness (QED) is 0.713. The molecule has 6 nitrogen and oxygen atoms in total. The van der Waals surface area contributed by atoms with Gasteiger partial charge in [-0.05, 0) is 51.2 Å². The number of carbonyl (C=O) groups is 2. The van der Waals surface area contributed by atoms with E-state index in [9.17, 15) is 9.59 Å². The molecule has 3 atom stereocenters. The molecule has 0 spiro atoms. The molecule has 2 heterocycles. The summed E-state index contributed by atoms with van der Waals surface area (Å²) in [5.41, 5.74) is 0.667. The Morgan fingerprint density at radius 1 is 1.21 bits per heavy atom. The number of amides is 2. The van der Waals surface area contributed by atoms with Crippen molar-refractivity contribution < 1.29 is 14.3 Å². The molecule has 0 unspecified atom stereocenters. The van der Waals surface area contributed by atoms with Gasteiger partial charge in [0, 0.05) is 25.2 Å². The molecule has 29 heavy (non-hydrogen) atoms. The molecule has 2 amide bonds. The van der Waals surface area contributed by atoms with Gasteiger partial charge >= 0.3 is 0 Å². The van der Waals surface area contributed by atoms with Crippen LogP contribution >= 0.6 is 0 Å². The number of para-hydroxylation sites is 2. The van der Waals surface area contributed by atoms with E-state index in [1.165, 1.54) is 19.3 Å². The largest absolute Gasteiger partial charge is 0.478 e. The molecule has 2 aliphatic heterocycles. The predicted molar refractivity (Wildman–Crippen MR) is 115 cm³/mol. The number of carbonyl (C=O) groups excluding carboxylic acids is 2. The van der Waals surface area contributed by atoms with Crippen LogP contribution < -0.4 is 15.0 Å². The molecule has 0 aliphatic carbocycles.